The molecule has 1 amide bonds. The molecule has 128 valence electrons. The fourth-order valence-corrected chi connectivity index (χ4v) is 2.93. The first-order valence-corrected chi connectivity index (χ1v) is 8.87. The van der Waals surface area contributed by atoms with E-state index in [1.165, 1.54) is 6.42 Å². The van der Waals surface area contributed by atoms with Gasteiger partial charge in [-0.3, -0.25) is 4.79 Å². The van der Waals surface area contributed by atoms with Crippen LogP contribution < -0.4 is 0 Å². The molecule has 1 aromatic heterocycles. The predicted molar refractivity (Wildman–Crippen MR) is 92.2 cm³/mol. The summed E-state index contributed by atoms with van der Waals surface area (Å²) < 4.78 is 5.36. The summed E-state index contributed by atoms with van der Waals surface area (Å²) in [5.41, 5.74) is 0.942. The summed E-state index contributed by atoms with van der Waals surface area (Å²) in [6.07, 6.45) is 4.80. The maximum Gasteiger partial charge on any atom is 0.228 e. The topological polar surface area (TPSA) is 59.2 Å². The average Bonchev–Trinajstić information content (AvgIpc) is 3.03. The van der Waals surface area contributed by atoms with Crippen molar-refractivity contribution in [3.63, 3.8) is 0 Å². The molecule has 1 saturated carbocycles. The molecule has 0 aliphatic heterocycles. The molecule has 5 nitrogen and oxygen atoms in total. The number of rotatable bonds is 7. The molecule has 5 heteroatoms. The number of nitrogens with zero attached hydrogens (tertiary/aromatic N) is 3. The molecule has 0 saturated heterocycles. The molecular formula is C19H25N3O2. The molecular weight excluding hydrogens is 302 g/mol. The maximum absolute atomic E-state index is 12.6. The van der Waals surface area contributed by atoms with Crippen LogP contribution in [-0.4, -0.2) is 33.5 Å². The minimum absolute atomic E-state index is 0.224. The molecule has 1 aromatic carbocycles. The van der Waals surface area contributed by atoms with E-state index in [4.69, 9.17) is 4.52 Å². The molecule has 0 radical (unpaired) electrons. The second kappa shape index (κ2) is 7.60. The SMILES string of the molecule is CCC(C)N(CCc1nc(-c2ccccc2)no1)C(=O)C1CCC1. The first kappa shape index (κ1) is 16.7. The molecule has 24 heavy (non-hydrogen) atoms. The predicted octanol–water partition coefficient (Wildman–Crippen LogP) is 3.71. The Bertz CT molecular complexity index is 664. The maximum atomic E-state index is 12.6. The lowest BCUT2D eigenvalue weighted by Gasteiger charge is -2.35. The van der Waals surface area contributed by atoms with Crippen molar-refractivity contribution in [2.24, 2.45) is 5.92 Å². The number of carbonyl (C=O) groups is 1. The van der Waals surface area contributed by atoms with Crippen LogP contribution >= 0.6 is 0 Å². The van der Waals surface area contributed by atoms with Gasteiger partial charge in [-0.2, -0.15) is 4.98 Å². The Kier molecular flexibility index (Phi) is 5.28. The van der Waals surface area contributed by atoms with Gasteiger partial charge in [0, 0.05) is 30.5 Å². The first-order valence-electron chi connectivity index (χ1n) is 8.87. The van der Waals surface area contributed by atoms with E-state index in [0.717, 1.165) is 24.8 Å². The van der Waals surface area contributed by atoms with E-state index >= 15 is 0 Å². The quantitative estimate of drug-likeness (QED) is 0.778. The largest absolute Gasteiger partial charge is 0.339 e. The van der Waals surface area contributed by atoms with Gasteiger partial charge in [0.25, 0.3) is 0 Å². The lowest BCUT2D eigenvalue weighted by atomic mass is 9.84. The van der Waals surface area contributed by atoms with Crippen LogP contribution in [-0.2, 0) is 11.2 Å². The molecule has 1 aliphatic carbocycles. The summed E-state index contributed by atoms with van der Waals surface area (Å²) in [5.74, 6) is 1.70. The van der Waals surface area contributed by atoms with Gasteiger partial charge in [0.1, 0.15) is 0 Å². The van der Waals surface area contributed by atoms with Gasteiger partial charge in [-0.1, -0.05) is 48.8 Å². The lowest BCUT2D eigenvalue weighted by molar-refractivity contribution is -0.140. The van der Waals surface area contributed by atoms with Crippen molar-refractivity contribution in [2.75, 3.05) is 6.54 Å². The van der Waals surface area contributed by atoms with Crippen molar-refractivity contribution < 1.29 is 9.32 Å². The Morgan fingerprint density at radius 3 is 2.71 bits per heavy atom. The van der Waals surface area contributed by atoms with Gasteiger partial charge in [0.05, 0.1) is 0 Å². The highest BCUT2D eigenvalue weighted by atomic mass is 16.5. The summed E-state index contributed by atoms with van der Waals surface area (Å²) in [6, 6.07) is 10.0. The molecule has 1 atom stereocenters. The highest BCUT2D eigenvalue weighted by Crippen LogP contribution is 2.29. The number of amides is 1. The Labute approximate surface area is 143 Å². The summed E-state index contributed by atoms with van der Waals surface area (Å²) in [4.78, 5) is 19.1. The first-order chi connectivity index (χ1) is 11.7. The molecule has 3 rings (SSSR count). The number of benzene rings is 1. The minimum Gasteiger partial charge on any atom is -0.339 e. The number of aromatic nitrogens is 2. The van der Waals surface area contributed by atoms with Crippen LogP contribution in [0.15, 0.2) is 34.9 Å². The molecule has 0 spiro atoms. The molecule has 0 N–H and O–H groups in total. The summed E-state index contributed by atoms with van der Waals surface area (Å²) in [7, 11) is 0. The third-order valence-electron chi connectivity index (χ3n) is 4.93. The molecule has 1 heterocycles. The van der Waals surface area contributed by atoms with Crippen LogP contribution in [0.1, 0.15) is 45.4 Å². The zero-order valence-electron chi connectivity index (χ0n) is 14.4. The molecule has 1 unspecified atom stereocenters. The summed E-state index contributed by atoms with van der Waals surface area (Å²) in [6.45, 7) is 4.87. The lowest BCUT2D eigenvalue weighted by Crippen LogP contribution is -2.44. The third kappa shape index (κ3) is 3.66. The number of hydrogen-bond donors (Lipinski definition) is 0. The fourth-order valence-electron chi connectivity index (χ4n) is 2.93. The molecule has 0 bridgehead atoms. The highest BCUT2D eigenvalue weighted by molar-refractivity contribution is 5.79. The second-order valence-corrected chi connectivity index (χ2v) is 6.54. The van der Waals surface area contributed by atoms with Gasteiger partial charge in [0.15, 0.2) is 0 Å². The zero-order chi connectivity index (χ0) is 16.9. The van der Waals surface area contributed by atoms with Gasteiger partial charge in [0.2, 0.25) is 17.6 Å². The highest BCUT2D eigenvalue weighted by Gasteiger charge is 2.31. The monoisotopic (exact) mass is 327 g/mol. The fraction of sp³-hybridized carbons (Fsp3) is 0.526. The van der Waals surface area contributed by atoms with E-state index in [1.54, 1.807) is 0 Å². The van der Waals surface area contributed by atoms with Crippen molar-refractivity contribution in [3.05, 3.63) is 36.2 Å². The molecule has 1 aliphatic rings. The standard InChI is InChI=1S/C19H25N3O2/c1-3-14(2)22(19(23)16-10-7-11-16)13-12-17-20-18(21-24-17)15-8-5-4-6-9-15/h4-6,8-9,14,16H,3,7,10-13H2,1-2H3. The molecule has 2 aromatic rings. The number of hydrogen-bond acceptors (Lipinski definition) is 4. The second-order valence-electron chi connectivity index (χ2n) is 6.54. The Morgan fingerprint density at radius 1 is 1.33 bits per heavy atom. The normalized spacial score (nSPS) is 15.8. The average molecular weight is 327 g/mol. The molecule has 1 fully saturated rings. The Hall–Kier alpha value is -2.17. The van der Waals surface area contributed by atoms with Crippen molar-refractivity contribution in [3.8, 4) is 11.4 Å². The van der Waals surface area contributed by atoms with Crippen molar-refractivity contribution >= 4 is 5.91 Å². The van der Waals surface area contributed by atoms with Gasteiger partial charge in [-0.15, -0.1) is 0 Å². The van der Waals surface area contributed by atoms with E-state index in [-0.39, 0.29) is 12.0 Å². The van der Waals surface area contributed by atoms with E-state index in [1.807, 2.05) is 35.2 Å². The Morgan fingerprint density at radius 2 is 2.08 bits per heavy atom. The van der Waals surface area contributed by atoms with Crippen molar-refractivity contribution in [2.45, 2.75) is 52.0 Å². The van der Waals surface area contributed by atoms with Gasteiger partial charge in [-0.25, -0.2) is 0 Å². The van der Waals surface area contributed by atoms with E-state index in [0.29, 0.717) is 30.6 Å². The van der Waals surface area contributed by atoms with Crippen LogP contribution in [0, 0.1) is 5.92 Å². The van der Waals surface area contributed by atoms with E-state index < -0.39 is 0 Å². The minimum atomic E-state index is 0.224. The van der Waals surface area contributed by atoms with Gasteiger partial charge >= 0.3 is 0 Å². The van der Waals surface area contributed by atoms with Crippen molar-refractivity contribution in [1.82, 2.24) is 15.0 Å². The van der Waals surface area contributed by atoms with Crippen LogP contribution in [0.25, 0.3) is 11.4 Å². The van der Waals surface area contributed by atoms with Crippen LogP contribution in [0.4, 0.5) is 0 Å². The van der Waals surface area contributed by atoms with E-state index in [2.05, 4.69) is 24.0 Å². The van der Waals surface area contributed by atoms with Crippen LogP contribution in [0.2, 0.25) is 0 Å². The van der Waals surface area contributed by atoms with Crippen LogP contribution in [0.5, 0.6) is 0 Å². The van der Waals surface area contributed by atoms with Crippen LogP contribution in [0.3, 0.4) is 0 Å². The Balaban J connectivity index is 1.64. The smallest absolute Gasteiger partial charge is 0.228 e. The summed E-state index contributed by atoms with van der Waals surface area (Å²) in [5, 5.41) is 4.05. The number of carbonyl (C=O) groups excluding carboxylic acids is 1. The van der Waals surface area contributed by atoms with Gasteiger partial charge < -0.3 is 9.42 Å². The van der Waals surface area contributed by atoms with Gasteiger partial charge in [-0.05, 0) is 26.2 Å². The summed E-state index contributed by atoms with van der Waals surface area (Å²) >= 11 is 0. The van der Waals surface area contributed by atoms with E-state index in [9.17, 15) is 4.79 Å². The van der Waals surface area contributed by atoms with Crippen molar-refractivity contribution in [1.29, 1.82) is 0 Å². The zero-order valence-corrected chi connectivity index (χ0v) is 14.4. The third-order valence-corrected chi connectivity index (χ3v) is 4.93.